The molecule has 88 valence electrons. The van der Waals surface area contributed by atoms with E-state index in [1.165, 1.54) is 51.9 Å². The average molecular weight is 210 g/mol. The summed E-state index contributed by atoms with van der Waals surface area (Å²) in [5.41, 5.74) is 0. The molecule has 1 heterocycles. The normalized spacial score (nSPS) is 25.8. The van der Waals surface area contributed by atoms with Crippen LogP contribution < -0.4 is 5.32 Å². The van der Waals surface area contributed by atoms with Crippen molar-refractivity contribution in [3.05, 3.63) is 0 Å². The van der Waals surface area contributed by atoms with E-state index >= 15 is 0 Å². The lowest BCUT2D eigenvalue weighted by Gasteiger charge is -2.37. The Morgan fingerprint density at radius 3 is 2.40 bits per heavy atom. The lowest BCUT2D eigenvalue weighted by molar-refractivity contribution is 0.135. The molecule has 1 atom stereocenters. The van der Waals surface area contributed by atoms with Gasteiger partial charge in [0.1, 0.15) is 0 Å². The molecule has 2 nitrogen and oxygen atoms in total. The molecule has 1 aliphatic carbocycles. The highest BCUT2D eigenvalue weighted by molar-refractivity contribution is 4.84. The van der Waals surface area contributed by atoms with Crippen LogP contribution in [0.1, 0.15) is 39.5 Å². The van der Waals surface area contributed by atoms with Gasteiger partial charge in [-0.1, -0.05) is 26.7 Å². The summed E-state index contributed by atoms with van der Waals surface area (Å²) in [5.74, 6) is 1.83. The zero-order valence-electron chi connectivity index (χ0n) is 10.3. The van der Waals surface area contributed by atoms with Crippen LogP contribution in [-0.2, 0) is 0 Å². The van der Waals surface area contributed by atoms with E-state index in [1.54, 1.807) is 0 Å². The van der Waals surface area contributed by atoms with E-state index in [0.29, 0.717) is 0 Å². The van der Waals surface area contributed by atoms with E-state index in [0.717, 1.165) is 17.9 Å². The van der Waals surface area contributed by atoms with E-state index in [4.69, 9.17) is 0 Å². The Bertz CT molecular complexity index is 183. The topological polar surface area (TPSA) is 15.3 Å². The molecule has 2 aliphatic rings. The summed E-state index contributed by atoms with van der Waals surface area (Å²) >= 11 is 0. The van der Waals surface area contributed by atoms with Gasteiger partial charge in [-0.3, -0.25) is 0 Å². The van der Waals surface area contributed by atoms with Crippen LogP contribution in [0.3, 0.4) is 0 Å². The molecule has 0 bridgehead atoms. The lowest BCUT2D eigenvalue weighted by Crippen LogP contribution is -2.49. The van der Waals surface area contributed by atoms with Gasteiger partial charge in [0.2, 0.25) is 0 Å². The van der Waals surface area contributed by atoms with E-state index in [1.807, 2.05) is 0 Å². The third-order valence-electron chi connectivity index (χ3n) is 4.39. The molecule has 0 spiro atoms. The minimum absolute atomic E-state index is 0.881. The number of nitrogens with zero attached hydrogens (tertiary/aromatic N) is 1. The first-order valence-corrected chi connectivity index (χ1v) is 6.76. The predicted octanol–water partition coefficient (Wildman–Crippen LogP) is 2.11. The Morgan fingerprint density at radius 2 is 1.93 bits per heavy atom. The summed E-state index contributed by atoms with van der Waals surface area (Å²) in [6, 6.07) is 0.908. The van der Waals surface area contributed by atoms with Crippen LogP contribution in [0.25, 0.3) is 0 Å². The fourth-order valence-corrected chi connectivity index (χ4v) is 3.04. The molecule has 1 saturated carbocycles. The van der Waals surface area contributed by atoms with Crippen LogP contribution >= 0.6 is 0 Å². The van der Waals surface area contributed by atoms with Crippen LogP contribution in [0.2, 0.25) is 0 Å². The molecule has 2 rings (SSSR count). The monoisotopic (exact) mass is 210 g/mol. The molecular formula is C13H26N2. The Kier molecular flexibility index (Phi) is 4.04. The molecule has 0 aromatic heterocycles. The standard InChI is InChI=1S/C13H26N2/c1-3-15(13-6-4-5-7-13)10-11(2)12-8-14-9-12/h11-14H,3-10H2,1-2H3. The molecule has 2 fully saturated rings. The Hall–Kier alpha value is -0.0800. The van der Waals surface area contributed by atoms with Gasteiger partial charge in [0, 0.05) is 12.6 Å². The largest absolute Gasteiger partial charge is 0.316 e. The van der Waals surface area contributed by atoms with E-state index in [-0.39, 0.29) is 0 Å². The van der Waals surface area contributed by atoms with Crippen LogP contribution in [0.4, 0.5) is 0 Å². The zero-order valence-corrected chi connectivity index (χ0v) is 10.3. The molecule has 0 radical (unpaired) electrons. The summed E-state index contributed by atoms with van der Waals surface area (Å²) in [6.45, 7) is 9.84. The van der Waals surface area contributed by atoms with Crippen molar-refractivity contribution in [1.82, 2.24) is 10.2 Å². The van der Waals surface area contributed by atoms with Crippen molar-refractivity contribution in [2.24, 2.45) is 11.8 Å². The smallest absolute Gasteiger partial charge is 0.00952 e. The molecule has 1 saturated heterocycles. The molecule has 0 aromatic carbocycles. The van der Waals surface area contributed by atoms with Gasteiger partial charge in [-0.2, -0.15) is 0 Å². The van der Waals surface area contributed by atoms with Crippen LogP contribution in [0.5, 0.6) is 0 Å². The first-order chi connectivity index (χ1) is 7.31. The minimum Gasteiger partial charge on any atom is -0.316 e. The van der Waals surface area contributed by atoms with Gasteiger partial charge in [0.15, 0.2) is 0 Å². The van der Waals surface area contributed by atoms with Gasteiger partial charge in [0.05, 0.1) is 0 Å². The van der Waals surface area contributed by atoms with Gasteiger partial charge in [-0.25, -0.2) is 0 Å². The average Bonchev–Trinajstić information content (AvgIpc) is 2.63. The quantitative estimate of drug-likeness (QED) is 0.747. The van der Waals surface area contributed by atoms with Gasteiger partial charge in [-0.05, 0) is 44.3 Å². The number of hydrogen-bond acceptors (Lipinski definition) is 2. The minimum atomic E-state index is 0.881. The third-order valence-corrected chi connectivity index (χ3v) is 4.39. The number of hydrogen-bond donors (Lipinski definition) is 1. The summed E-state index contributed by atoms with van der Waals surface area (Å²) in [4.78, 5) is 2.73. The Morgan fingerprint density at radius 1 is 1.27 bits per heavy atom. The fourth-order valence-electron chi connectivity index (χ4n) is 3.04. The fraction of sp³-hybridized carbons (Fsp3) is 1.00. The van der Waals surface area contributed by atoms with Crippen molar-refractivity contribution >= 4 is 0 Å². The van der Waals surface area contributed by atoms with Crippen molar-refractivity contribution in [2.45, 2.75) is 45.6 Å². The Labute approximate surface area is 94.4 Å². The first kappa shape index (κ1) is 11.4. The third kappa shape index (κ3) is 2.73. The maximum Gasteiger partial charge on any atom is 0.00952 e. The second-order valence-corrected chi connectivity index (χ2v) is 5.42. The van der Waals surface area contributed by atoms with Crippen molar-refractivity contribution in [2.75, 3.05) is 26.2 Å². The summed E-state index contributed by atoms with van der Waals surface area (Å²) in [6.07, 6.45) is 5.81. The van der Waals surface area contributed by atoms with Crippen molar-refractivity contribution in [1.29, 1.82) is 0 Å². The molecule has 15 heavy (non-hydrogen) atoms. The first-order valence-electron chi connectivity index (χ1n) is 6.76. The van der Waals surface area contributed by atoms with Gasteiger partial charge >= 0.3 is 0 Å². The van der Waals surface area contributed by atoms with Gasteiger partial charge in [-0.15, -0.1) is 0 Å². The molecule has 0 amide bonds. The van der Waals surface area contributed by atoms with Crippen LogP contribution in [0.15, 0.2) is 0 Å². The Balaban J connectivity index is 1.78. The van der Waals surface area contributed by atoms with Gasteiger partial charge < -0.3 is 10.2 Å². The maximum absolute atomic E-state index is 3.38. The highest BCUT2D eigenvalue weighted by atomic mass is 15.2. The van der Waals surface area contributed by atoms with Crippen molar-refractivity contribution in [3.63, 3.8) is 0 Å². The van der Waals surface area contributed by atoms with E-state index in [9.17, 15) is 0 Å². The molecule has 1 aliphatic heterocycles. The second-order valence-electron chi connectivity index (χ2n) is 5.42. The predicted molar refractivity (Wildman–Crippen MR) is 65.0 cm³/mol. The van der Waals surface area contributed by atoms with Crippen LogP contribution in [0, 0.1) is 11.8 Å². The summed E-state index contributed by atoms with van der Waals surface area (Å²) in [5, 5.41) is 3.38. The summed E-state index contributed by atoms with van der Waals surface area (Å²) in [7, 11) is 0. The molecule has 1 N–H and O–H groups in total. The number of nitrogens with one attached hydrogen (secondary N) is 1. The van der Waals surface area contributed by atoms with Crippen LogP contribution in [-0.4, -0.2) is 37.1 Å². The maximum atomic E-state index is 3.38. The molecule has 1 unspecified atom stereocenters. The highest BCUT2D eigenvalue weighted by Crippen LogP contribution is 2.25. The second kappa shape index (κ2) is 5.31. The van der Waals surface area contributed by atoms with Crippen molar-refractivity contribution < 1.29 is 0 Å². The van der Waals surface area contributed by atoms with E-state index in [2.05, 4.69) is 24.1 Å². The number of rotatable bonds is 5. The zero-order chi connectivity index (χ0) is 10.7. The lowest BCUT2D eigenvalue weighted by atomic mass is 9.88. The molecular weight excluding hydrogens is 184 g/mol. The SMILES string of the molecule is CCN(CC(C)C1CNC1)C1CCCC1. The van der Waals surface area contributed by atoms with E-state index < -0.39 is 0 Å². The molecule has 2 heteroatoms. The van der Waals surface area contributed by atoms with Gasteiger partial charge in [0.25, 0.3) is 0 Å². The van der Waals surface area contributed by atoms with Crippen molar-refractivity contribution in [3.8, 4) is 0 Å². The highest BCUT2D eigenvalue weighted by Gasteiger charge is 2.28. The summed E-state index contributed by atoms with van der Waals surface area (Å²) < 4.78 is 0. The molecule has 0 aromatic rings.